The maximum atomic E-state index is 13.1. The minimum Gasteiger partial charge on any atom is -0.508 e. The Kier molecular flexibility index (Phi) is 2.98. The number of aromatic hydroxyl groups is 1. The highest BCUT2D eigenvalue weighted by atomic mass is 32.1. The van der Waals surface area contributed by atoms with E-state index in [0.29, 0.717) is 0 Å². The molecule has 2 heterocycles. The van der Waals surface area contributed by atoms with Crippen molar-refractivity contribution in [3.05, 3.63) is 45.8 Å². The van der Waals surface area contributed by atoms with Gasteiger partial charge < -0.3 is 9.52 Å². The fourth-order valence-corrected chi connectivity index (χ4v) is 2.60. The number of alkyl halides is 3. The molecule has 0 radical (unpaired) electrons. The quantitative estimate of drug-likeness (QED) is 0.745. The number of aromatic nitrogens is 1. The summed E-state index contributed by atoms with van der Waals surface area (Å²) in [6.45, 7) is 0. The van der Waals surface area contributed by atoms with Crippen LogP contribution in [0.3, 0.4) is 0 Å². The maximum Gasteiger partial charge on any atom is 0.450 e. The van der Waals surface area contributed by atoms with Crippen molar-refractivity contribution in [2.75, 3.05) is 0 Å². The monoisotopic (exact) mass is 313 g/mol. The van der Waals surface area contributed by atoms with Gasteiger partial charge in [-0.2, -0.15) is 13.2 Å². The van der Waals surface area contributed by atoms with Gasteiger partial charge in [0.15, 0.2) is 0 Å². The normalized spacial score (nSPS) is 12.0. The SMILES string of the molecule is O=c1c(-c2nccs2)c(C(F)(F)F)oc2cc(O)ccc12. The predicted molar refractivity (Wildman–Crippen MR) is 70.3 cm³/mol. The molecule has 0 saturated heterocycles. The number of rotatable bonds is 1. The first-order chi connectivity index (χ1) is 9.88. The minimum atomic E-state index is -4.85. The predicted octanol–water partition coefficient (Wildman–Crippen LogP) is 3.64. The standard InChI is InChI=1S/C13H6F3NO3S/c14-13(15,16)11-9(12-17-3-4-21-12)10(19)7-2-1-6(18)5-8(7)20-11/h1-5,18H. The van der Waals surface area contributed by atoms with Crippen LogP contribution in [-0.4, -0.2) is 10.1 Å². The molecule has 0 aliphatic carbocycles. The van der Waals surface area contributed by atoms with Gasteiger partial charge in [-0.15, -0.1) is 11.3 Å². The van der Waals surface area contributed by atoms with E-state index in [1.54, 1.807) is 0 Å². The molecule has 3 rings (SSSR count). The van der Waals surface area contributed by atoms with Gasteiger partial charge in [0.2, 0.25) is 11.2 Å². The average Bonchev–Trinajstić information content (AvgIpc) is 2.90. The van der Waals surface area contributed by atoms with Gasteiger partial charge in [0, 0.05) is 17.6 Å². The van der Waals surface area contributed by atoms with Gasteiger partial charge in [0.1, 0.15) is 21.9 Å². The summed E-state index contributed by atoms with van der Waals surface area (Å²) in [4.78, 5) is 16.1. The average molecular weight is 313 g/mol. The molecule has 21 heavy (non-hydrogen) atoms. The van der Waals surface area contributed by atoms with Crippen LogP contribution in [0.15, 0.2) is 39.0 Å². The second-order valence-corrected chi connectivity index (χ2v) is 5.05. The summed E-state index contributed by atoms with van der Waals surface area (Å²) in [7, 11) is 0. The Balaban J connectivity index is 2.47. The lowest BCUT2D eigenvalue weighted by Crippen LogP contribution is -2.15. The molecule has 0 atom stereocenters. The lowest BCUT2D eigenvalue weighted by atomic mass is 10.1. The van der Waals surface area contributed by atoms with Crippen molar-refractivity contribution in [3.63, 3.8) is 0 Å². The van der Waals surface area contributed by atoms with E-state index in [-0.39, 0.29) is 21.7 Å². The number of nitrogens with zero attached hydrogens (tertiary/aromatic N) is 1. The van der Waals surface area contributed by atoms with E-state index < -0.39 is 22.9 Å². The van der Waals surface area contributed by atoms with E-state index in [4.69, 9.17) is 4.42 Å². The second-order valence-electron chi connectivity index (χ2n) is 4.15. The largest absolute Gasteiger partial charge is 0.508 e. The zero-order valence-corrected chi connectivity index (χ0v) is 11.0. The highest BCUT2D eigenvalue weighted by Gasteiger charge is 2.40. The molecular formula is C13H6F3NO3S. The molecule has 0 spiro atoms. The Hall–Kier alpha value is -2.35. The summed E-state index contributed by atoms with van der Waals surface area (Å²) in [5.74, 6) is -1.71. The van der Waals surface area contributed by atoms with Gasteiger partial charge in [-0.3, -0.25) is 4.79 Å². The topological polar surface area (TPSA) is 63.3 Å². The Morgan fingerprint density at radius 3 is 2.67 bits per heavy atom. The number of halogens is 3. The van der Waals surface area contributed by atoms with Gasteiger partial charge in [-0.1, -0.05) is 0 Å². The van der Waals surface area contributed by atoms with Crippen LogP contribution in [0.4, 0.5) is 13.2 Å². The van der Waals surface area contributed by atoms with Gasteiger partial charge in [-0.25, -0.2) is 4.98 Å². The smallest absolute Gasteiger partial charge is 0.450 e. The van der Waals surface area contributed by atoms with Crippen LogP contribution in [0, 0.1) is 0 Å². The number of benzene rings is 1. The molecule has 108 valence electrons. The van der Waals surface area contributed by atoms with Gasteiger partial charge >= 0.3 is 6.18 Å². The Morgan fingerprint density at radius 1 is 1.29 bits per heavy atom. The number of phenols is 1. The van der Waals surface area contributed by atoms with Crippen molar-refractivity contribution in [3.8, 4) is 16.3 Å². The number of hydrogen-bond donors (Lipinski definition) is 1. The molecule has 8 heteroatoms. The number of phenolic OH excluding ortho intramolecular Hbond substituents is 1. The van der Waals surface area contributed by atoms with Crippen LogP contribution in [-0.2, 0) is 6.18 Å². The zero-order chi connectivity index (χ0) is 15.2. The second kappa shape index (κ2) is 4.59. The summed E-state index contributed by atoms with van der Waals surface area (Å²) in [5, 5.41) is 10.7. The minimum absolute atomic E-state index is 0.0500. The Bertz CT molecular complexity index is 869. The van der Waals surface area contributed by atoms with Gasteiger partial charge in [-0.05, 0) is 12.1 Å². The van der Waals surface area contributed by atoms with E-state index in [1.165, 1.54) is 23.7 Å². The highest BCUT2D eigenvalue weighted by molar-refractivity contribution is 7.13. The Morgan fingerprint density at radius 2 is 2.05 bits per heavy atom. The van der Waals surface area contributed by atoms with E-state index in [2.05, 4.69) is 4.98 Å². The molecule has 0 fully saturated rings. The number of hydrogen-bond acceptors (Lipinski definition) is 5. The molecule has 0 aliphatic rings. The van der Waals surface area contributed by atoms with Crippen molar-refractivity contribution in [1.82, 2.24) is 4.98 Å². The lowest BCUT2D eigenvalue weighted by molar-refractivity contribution is -0.152. The summed E-state index contributed by atoms with van der Waals surface area (Å²) in [6, 6.07) is 3.39. The fourth-order valence-electron chi connectivity index (χ4n) is 1.92. The molecule has 3 aromatic rings. The van der Waals surface area contributed by atoms with Gasteiger partial charge in [0.05, 0.1) is 5.39 Å². The number of thiazole rings is 1. The third-order valence-corrected chi connectivity index (χ3v) is 3.57. The summed E-state index contributed by atoms with van der Waals surface area (Å²) < 4.78 is 44.2. The van der Waals surface area contributed by atoms with Crippen LogP contribution in [0.1, 0.15) is 5.76 Å². The fraction of sp³-hybridized carbons (Fsp3) is 0.0769. The summed E-state index contributed by atoms with van der Waals surface area (Å²) >= 11 is 0.912. The molecule has 0 aliphatic heterocycles. The summed E-state index contributed by atoms with van der Waals surface area (Å²) in [5.41, 5.74) is -1.78. The maximum absolute atomic E-state index is 13.1. The third-order valence-electron chi connectivity index (χ3n) is 2.78. The van der Waals surface area contributed by atoms with Crippen LogP contribution in [0.5, 0.6) is 5.75 Å². The summed E-state index contributed by atoms with van der Waals surface area (Å²) in [6.07, 6.45) is -3.54. The van der Waals surface area contributed by atoms with Gasteiger partial charge in [0.25, 0.3) is 0 Å². The molecule has 0 unspecified atom stereocenters. The van der Waals surface area contributed by atoms with Crippen molar-refractivity contribution >= 4 is 22.3 Å². The molecular weight excluding hydrogens is 307 g/mol. The van der Waals surface area contributed by atoms with Crippen molar-refractivity contribution < 1.29 is 22.7 Å². The van der Waals surface area contributed by atoms with E-state index in [9.17, 15) is 23.1 Å². The van der Waals surface area contributed by atoms with Crippen molar-refractivity contribution in [2.24, 2.45) is 0 Å². The third kappa shape index (κ3) is 2.27. The molecule has 0 amide bonds. The first-order valence-electron chi connectivity index (χ1n) is 5.65. The molecule has 0 bridgehead atoms. The molecule has 2 aromatic heterocycles. The van der Waals surface area contributed by atoms with Crippen LogP contribution < -0.4 is 5.43 Å². The Labute approximate surface area is 119 Å². The molecule has 1 aromatic carbocycles. The van der Waals surface area contributed by atoms with Crippen LogP contribution >= 0.6 is 11.3 Å². The van der Waals surface area contributed by atoms with E-state index >= 15 is 0 Å². The van der Waals surface area contributed by atoms with Crippen molar-refractivity contribution in [2.45, 2.75) is 6.18 Å². The highest BCUT2D eigenvalue weighted by Crippen LogP contribution is 2.38. The van der Waals surface area contributed by atoms with Crippen LogP contribution in [0.2, 0.25) is 0 Å². The van der Waals surface area contributed by atoms with E-state index in [0.717, 1.165) is 17.4 Å². The first kappa shape index (κ1) is 13.6. The van der Waals surface area contributed by atoms with E-state index in [1.807, 2.05) is 0 Å². The zero-order valence-electron chi connectivity index (χ0n) is 10.1. The first-order valence-corrected chi connectivity index (χ1v) is 6.53. The molecule has 0 saturated carbocycles. The number of fused-ring (bicyclic) bond motifs is 1. The molecule has 1 N–H and O–H groups in total. The lowest BCUT2D eigenvalue weighted by Gasteiger charge is -2.11. The molecule has 4 nitrogen and oxygen atoms in total. The van der Waals surface area contributed by atoms with Crippen LogP contribution in [0.25, 0.3) is 21.5 Å². The van der Waals surface area contributed by atoms with Crippen molar-refractivity contribution in [1.29, 1.82) is 0 Å².